The summed E-state index contributed by atoms with van der Waals surface area (Å²) in [4.78, 5) is 13.2. The smallest absolute Gasteiger partial charge is 0.235 e. The molecule has 2 aromatic carbocycles. The second kappa shape index (κ2) is 7.34. The molecule has 0 amide bonds. The Morgan fingerprint density at radius 2 is 1.89 bits per heavy atom. The summed E-state index contributed by atoms with van der Waals surface area (Å²) >= 11 is 12.4. The monoisotopic (exact) mass is 415 g/mol. The van der Waals surface area contributed by atoms with E-state index in [-0.39, 0.29) is 23.5 Å². The van der Waals surface area contributed by atoms with Crippen molar-refractivity contribution in [3.05, 3.63) is 79.8 Å². The zero-order chi connectivity index (χ0) is 19.8. The van der Waals surface area contributed by atoms with E-state index in [1.54, 1.807) is 43.3 Å². The van der Waals surface area contributed by atoms with Crippen molar-refractivity contribution in [3.8, 4) is 17.1 Å². The molecule has 5 nitrogen and oxygen atoms in total. The maximum absolute atomic E-state index is 13.2. The van der Waals surface area contributed by atoms with E-state index in [0.717, 1.165) is 5.56 Å². The molecular formula is C21H15Cl2NO4. The fraction of sp³-hybridized carbons (Fsp3) is 0.143. The van der Waals surface area contributed by atoms with Crippen molar-refractivity contribution >= 4 is 34.2 Å². The van der Waals surface area contributed by atoms with Crippen molar-refractivity contribution in [2.24, 2.45) is 0 Å². The number of nitrogens with zero attached hydrogens (tertiary/aromatic N) is 1. The average molecular weight is 416 g/mol. The molecule has 0 atom stereocenters. The Labute approximate surface area is 170 Å². The fourth-order valence-corrected chi connectivity index (χ4v) is 3.35. The van der Waals surface area contributed by atoms with Crippen LogP contribution in [0.15, 0.2) is 56.2 Å². The van der Waals surface area contributed by atoms with Crippen LogP contribution < -0.4 is 10.2 Å². The summed E-state index contributed by atoms with van der Waals surface area (Å²) in [6.45, 7) is 3.71. The third-order valence-corrected chi connectivity index (χ3v) is 5.04. The second-order valence-corrected chi connectivity index (χ2v) is 7.14. The Bertz CT molecular complexity index is 1220. The zero-order valence-corrected chi connectivity index (χ0v) is 16.6. The molecule has 0 bridgehead atoms. The summed E-state index contributed by atoms with van der Waals surface area (Å²) in [5.74, 6) is 0.949. The highest BCUT2D eigenvalue weighted by Crippen LogP contribution is 2.36. The predicted molar refractivity (Wildman–Crippen MR) is 108 cm³/mol. The van der Waals surface area contributed by atoms with Gasteiger partial charge in [-0.15, -0.1) is 0 Å². The number of fused-ring (bicyclic) bond motifs is 1. The first-order valence-corrected chi connectivity index (χ1v) is 9.27. The van der Waals surface area contributed by atoms with E-state index in [9.17, 15) is 4.79 Å². The minimum Gasteiger partial charge on any atom is -0.481 e. The lowest BCUT2D eigenvalue weighted by Crippen LogP contribution is -2.11. The van der Waals surface area contributed by atoms with E-state index in [0.29, 0.717) is 38.0 Å². The highest BCUT2D eigenvalue weighted by atomic mass is 35.5. The molecule has 7 heteroatoms. The topological polar surface area (TPSA) is 65.5 Å². The van der Waals surface area contributed by atoms with Gasteiger partial charge in [-0.25, -0.2) is 0 Å². The Morgan fingerprint density at radius 1 is 1.11 bits per heavy atom. The molecule has 0 unspecified atom stereocenters. The molecule has 0 radical (unpaired) electrons. The maximum atomic E-state index is 13.2. The zero-order valence-electron chi connectivity index (χ0n) is 15.1. The summed E-state index contributed by atoms with van der Waals surface area (Å²) in [5, 5.41) is 5.12. The van der Waals surface area contributed by atoms with Crippen LogP contribution in [0.3, 0.4) is 0 Å². The number of ether oxygens (including phenoxy) is 1. The van der Waals surface area contributed by atoms with E-state index in [1.165, 1.54) is 0 Å². The van der Waals surface area contributed by atoms with Crippen LogP contribution in [0.2, 0.25) is 10.0 Å². The van der Waals surface area contributed by atoms with E-state index in [2.05, 4.69) is 5.16 Å². The number of halogens is 2. The van der Waals surface area contributed by atoms with Gasteiger partial charge in [0.2, 0.25) is 11.2 Å². The van der Waals surface area contributed by atoms with E-state index in [4.69, 9.17) is 36.9 Å². The van der Waals surface area contributed by atoms with Crippen molar-refractivity contribution in [3.63, 3.8) is 0 Å². The molecule has 0 aliphatic carbocycles. The van der Waals surface area contributed by atoms with Crippen LogP contribution in [-0.2, 0) is 6.61 Å². The molecule has 2 heterocycles. The lowest BCUT2D eigenvalue weighted by molar-refractivity contribution is 0.294. The van der Waals surface area contributed by atoms with Gasteiger partial charge in [0.05, 0.1) is 21.7 Å². The first kappa shape index (κ1) is 18.6. The molecule has 4 rings (SSSR count). The lowest BCUT2D eigenvalue weighted by atomic mass is 10.1. The SMILES string of the molecule is Cc1noc(C)c1COc1c(-c2ccccc2Cl)oc2ccc(Cl)cc2c1=O. The normalized spacial score (nSPS) is 11.1. The molecule has 4 aromatic rings. The summed E-state index contributed by atoms with van der Waals surface area (Å²) < 4.78 is 17.1. The quantitative estimate of drug-likeness (QED) is 0.411. The fourth-order valence-electron chi connectivity index (χ4n) is 2.96. The van der Waals surface area contributed by atoms with Gasteiger partial charge < -0.3 is 13.7 Å². The standard InChI is InChI=1S/C21H15Cl2NO4/c1-11-16(12(2)28-24-11)10-26-21-19(25)15-9-13(22)7-8-18(15)27-20(21)14-5-3-4-6-17(14)23/h3-9H,10H2,1-2H3. The highest BCUT2D eigenvalue weighted by Gasteiger charge is 2.21. The summed E-state index contributed by atoms with van der Waals surface area (Å²) in [6.07, 6.45) is 0. The molecule has 2 aromatic heterocycles. The van der Waals surface area contributed by atoms with Gasteiger partial charge in [0.25, 0.3) is 0 Å². The molecule has 0 aliphatic rings. The van der Waals surface area contributed by atoms with Crippen LogP contribution in [0.5, 0.6) is 5.75 Å². The van der Waals surface area contributed by atoms with Gasteiger partial charge in [-0.3, -0.25) is 4.79 Å². The number of aryl methyl sites for hydroxylation is 2. The van der Waals surface area contributed by atoms with Crippen LogP contribution in [0.4, 0.5) is 0 Å². The van der Waals surface area contributed by atoms with Crippen molar-refractivity contribution in [2.75, 3.05) is 0 Å². The number of aromatic nitrogens is 1. The summed E-state index contributed by atoms with van der Waals surface area (Å²) in [5.41, 5.74) is 2.10. The Morgan fingerprint density at radius 3 is 2.61 bits per heavy atom. The first-order chi connectivity index (χ1) is 13.5. The van der Waals surface area contributed by atoms with E-state index < -0.39 is 0 Å². The molecule has 0 aliphatic heterocycles. The maximum Gasteiger partial charge on any atom is 0.235 e. The molecule has 0 saturated heterocycles. The lowest BCUT2D eigenvalue weighted by Gasteiger charge is -2.12. The molecule has 0 spiro atoms. The van der Waals surface area contributed by atoms with Crippen molar-refractivity contribution < 1.29 is 13.7 Å². The van der Waals surface area contributed by atoms with Gasteiger partial charge >= 0.3 is 0 Å². The molecule has 28 heavy (non-hydrogen) atoms. The molecule has 142 valence electrons. The third kappa shape index (κ3) is 3.28. The third-order valence-electron chi connectivity index (χ3n) is 4.47. The van der Waals surface area contributed by atoms with Crippen molar-refractivity contribution in [1.29, 1.82) is 0 Å². The number of rotatable bonds is 4. The Kier molecular flexibility index (Phi) is 4.87. The number of hydrogen-bond donors (Lipinski definition) is 0. The van der Waals surface area contributed by atoms with Crippen LogP contribution in [0.1, 0.15) is 17.0 Å². The van der Waals surface area contributed by atoms with Gasteiger partial charge in [0.15, 0.2) is 5.76 Å². The van der Waals surface area contributed by atoms with E-state index >= 15 is 0 Å². The number of benzene rings is 2. The van der Waals surface area contributed by atoms with Crippen molar-refractivity contribution in [2.45, 2.75) is 20.5 Å². The van der Waals surface area contributed by atoms with Crippen LogP contribution >= 0.6 is 23.2 Å². The van der Waals surface area contributed by atoms with Crippen molar-refractivity contribution in [1.82, 2.24) is 5.16 Å². The largest absolute Gasteiger partial charge is 0.481 e. The van der Waals surface area contributed by atoms with Gasteiger partial charge in [-0.2, -0.15) is 0 Å². The van der Waals surface area contributed by atoms with Gasteiger partial charge in [0.1, 0.15) is 18.0 Å². The van der Waals surface area contributed by atoms with E-state index in [1.807, 2.05) is 13.0 Å². The minimum absolute atomic E-state index is 0.0582. The molecule has 0 fully saturated rings. The van der Waals surface area contributed by atoms with Gasteiger partial charge in [-0.1, -0.05) is 40.5 Å². The Hall–Kier alpha value is -2.76. The molecule has 0 N–H and O–H groups in total. The predicted octanol–water partition coefficient (Wildman–Crippen LogP) is 5.95. The molecular weight excluding hydrogens is 401 g/mol. The molecule has 0 saturated carbocycles. The second-order valence-electron chi connectivity index (χ2n) is 6.30. The first-order valence-electron chi connectivity index (χ1n) is 8.51. The average Bonchev–Trinajstić information content (AvgIpc) is 3.00. The van der Waals surface area contributed by atoms with Crippen LogP contribution in [0.25, 0.3) is 22.3 Å². The van der Waals surface area contributed by atoms with Crippen LogP contribution in [0, 0.1) is 13.8 Å². The minimum atomic E-state index is -0.328. The van der Waals surface area contributed by atoms with Crippen LogP contribution in [-0.4, -0.2) is 5.16 Å². The Balaban J connectivity index is 1.91. The highest BCUT2D eigenvalue weighted by molar-refractivity contribution is 6.33. The van der Waals surface area contributed by atoms with Gasteiger partial charge in [0, 0.05) is 10.6 Å². The summed E-state index contributed by atoms with van der Waals surface area (Å²) in [6, 6.07) is 12.0. The van der Waals surface area contributed by atoms with Gasteiger partial charge in [-0.05, 0) is 44.2 Å². The number of hydrogen-bond acceptors (Lipinski definition) is 5. The summed E-state index contributed by atoms with van der Waals surface area (Å²) in [7, 11) is 0.